The molecule has 0 radical (unpaired) electrons. The summed E-state index contributed by atoms with van der Waals surface area (Å²) < 4.78 is 5.17. The van der Waals surface area contributed by atoms with E-state index in [0.29, 0.717) is 18.7 Å². The molecule has 0 aliphatic carbocycles. The van der Waals surface area contributed by atoms with Gasteiger partial charge in [-0.15, -0.1) is 0 Å². The van der Waals surface area contributed by atoms with Gasteiger partial charge in [0.1, 0.15) is 5.75 Å². The van der Waals surface area contributed by atoms with Crippen molar-refractivity contribution in [2.45, 2.75) is 32.6 Å². The maximum atomic E-state index is 11.1. The Kier molecular flexibility index (Phi) is 8.47. The molecule has 22 heavy (non-hydrogen) atoms. The fourth-order valence-electron chi connectivity index (χ4n) is 2.48. The van der Waals surface area contributed by atoms with Crippen LogP contribution in [-0.4, -0.2) is 43.1 Å². The Bertz CT molecular complexity index is 466. The van der Waals surface area contributed by atoms with Crippen LogP contribution in [0.15, 0.2) is 18.2 Å². The van der Waals surface area contributed by atoms with Gasteiger partial charge in [-0.05, 0) is 57.5 Å². The third-order valence-electron chi connectivity index (χ3n) is 3.65. The highest BCUT2D eigenvalue weighted by Gasteiger charge is 2.15. The molecule has 2 N–H and O–H groups in total. The van der Waals surface area contributed by atoms with E-state index in [1.807, 2.05) is 0 Å². The monoisotopic (exact) mass is 309 g/mol. The zero-order valence-corrected chi connectivity index (χ0v) is 13.6. The number of nitrogens with two attached hydrogens (primary N) is 1. The number of hydrogen-bond donors (Lipinski definition) is 1. The fourth-order valence-corrected chi connectivity index (χ4v) is 2.48. The molecule has 0 aliphatic heterocycles. The van der Waals surface area contributed by atoms with Crippen LogP contribution in [-0.2, 0) is 6.42 Å². The van der Waals surface area contributed by atoms with E-state index in [4.69, 9.17) is 10.5 Å². The largest absolute Gasteiger partial charge is 0.497 e. The van der Waals surface area contributed by atoms with Crippen LogP contribution in [0.3, 0.4) is 0 Å². The van der Waals surface area contributed by atoms with E-state index >= 15 is 0 Å². The third-order valence-corrected chi connectivity index (χ3v) is 3.65. The number of hydrogen-bond acceptors (Lipinski definition) is 5. The van der Waals surface area contributed by atoms with Gasteiger partial charge in [0.05, 0.1) is 12.0 Å². The molecule has 124 valence electrons. The van der Waals surface area contributed by atoms with Crippen molar-refractivity contribution >= 4 is 5.69 Å². The maximum absolute atomic E-state index is 11.1. The Morgan fingerprint density at radius 3 is 2.64 bits per heavy atom. The fraction of sp³-hybridized carbons (Fsp3) is 0.625. The predicted octanol–water partition coefficient (Wildman–Crippen LogP) is 2.60. The minimum absolute atomic E-state index is 0.166. The summed E-state index contributed by atoms with van der Waals surface area (Å²) in [6, 6.07) is 4.92. The molecule has 1 aromatic rings. The molecule has 6 heteroatoms. The van der Waals surface area contributed by atoms with Gasteiger partial charge in [-0.2, -0.15) is 0 Å². The molecule has 0 saturated heterocycles. The standard InChI is InChI=1S/C16H27N3O3/c1-3-10-18(11-5-4-9-17)12-8-14-13-15(22-2)6-7-16(14)19(20)21/h6-7,13H,3-5,8-12,17H2,1-2H3. The molecule has 0 aromatic heterocycles. The van der Waals surface area contributed by atoms with E-state index in [-0.39, 0.29) is 10.6 Å². The van der Waals surface area contributed by atoms with Crippen molar-refractivity contribution in [2.75, 3.05) is 33.3 Å². The predicted molar refractivity (Wildman–Crippen MR) is 88.4 cm³/mol. The highest BCUT2D eigenvalue weighted by Crippen LogP contribution is 2.24. The lowest BCUT2D eigenvalue weighted by Gasteiger charge is -2.21. The second-order valence-electron chi connectivity index (χ2n) is 5.34. The number of benzene rings is 1. The van der Waals surface area contributed by atoms with Crippen molar-refractivity contribution in [1.82, 2.24) is 4.90 Å². The van der Waals surface area contributed by atoms with Crippen molar-refractivity contribution in [3.63, 3.8) is 0 Å². The van der Waals surface area contributed by atoms with Gasteiger partial charge in [0.25, 0.3) is 5.69 Å². The Labute approximate surface area is 132 Å². The molecule has 0 spiro atoms. The highest BCUT2D eigenvalue weighted by atomic mass is 16.6. The molecule has 0 amide bonds. The molecule has 0 unspecified atom stereocenters. The van der Waals surface area contributed by atoms with Gasteiger partial charge in [-0.3, -0.25) is 10.1 Å². The first-order chi connectivity index (χ1) is 10.6. The van der Waals surface area contributed by atoms with E-state index in [2.05, 4.69) is 11.8 Å². The smallest absolute Gasteiger partial charge is 0.272 e. The van der Waals surface area contributed by atoms with Crippen LogP contribution in [0, 0.1) is 10.1 Å². The summed E-state index contributed by atoms with van der Waals surface area (Å²) in [4.78, 5) is 13.2. The first-order valence-corrected chi connectivity index (χ1v) is 7.86. The van der Waals surface area contributed by atoms with Crippen molar-refractivity contribution in [1.29, 1.82) is 0 Å². The van der Waals surface area contributed by atoms with E-state index in [1.165, 1.54) is 6.07 Å². The first-order valence-electron chi connectivity index (χ1n) is 7.86. The summed E-state index contributed by atoms with van der Waals surface area (Å²) in [6.07, 6.45) is 3.80. The third kappa shape index (κ3) is 5.99. The maximum Gasteiger partial charge on any atom is 0.272 e. The average Bonchev–Trinajstić information content (AvgIpc) is 2.52. The van der Waals surface area contributed by atoms with E-state index < -0.39 is 0 Å². The summed E-state index contributed by atoms with van der Waals surface area (Å²) in [5, 5.41) is 11.1. The molecule has 0 heterocycles. The summed E-state index contributed by atoms with van der Waals surface area (Å²) in [7, 11) is 1.57. The van der Waals surface area contributed by atoms with Crippen molar-refractivity contribution in [3.05, 3.63) is 33.9 Å². The summed E-state index contributed by atoms with van der Waals surface area (Å²) in [6.45, 7) is 5.66. The minimum atomic E-state index is -0.326. The number of unbranched alkanes of at least 4 members (excludes halogenated alkanes) is 1. The van der Waals surface area contributed by atoms with Crippen molar-refractivity contribution in [3.8, 4) is 5.75 Å². The molecule has 0 saturated carbocycles. The molecular weight excluding hydrogens is 282 g/mol. The van der Waals surface area contributed by atoms with Gasteiger partial charge in [0.15, 0.2) is 0 Å². The normalized spacial score (nSPS) is 10.9. The number of ether oxygens (including phenoxy) is 1. The van der Waals surface area contributed by atoms with Crippen LogP contribution >= 0.6 is 0 Å². The van der Waals surface area contributed by atoms with E-state index in [9.17, 15) is 10.1 Å². The molecule has 6 nitrogen and oxygen atoms in total. The van der Waals surface area contributed by atoms with Crippen LogP contribution in [0.4, 0.5) is 5.69 Å². The number of nitro groups is 1. The van der Waals surface area contributed by atoms with Crippen molar-refractivity contribution in [2.24, 2.45) is 5.73 Å². The Morgan fingerprint density at radius 1 is 1.27 bits per heavy atom. The molecule has 0 fully saturated rings. The van der Waals surface area contributed by atoms with Crippen LogP contribution in [0.2, 0.25) is 0 Å². The molecule has 1 rings (SSSR count). The van der Waals surface area contributed by atoms with Gasteiger partial charge in [-0.1, -0.05) is 6.92 Å². The first kappa shape index (κ1) is 18.4. The van der Waals surface area contributed by atoms with Crippen LogP contribution in [0.25, 0.3) is 0 Å². The van der Waals surface area contributed by atoms with E-state index in [0.717, 1.165) is 44.5 Å². The van der Waals surface area contributed by atoms with Crippen LogP contribution < -0.4 is 10.5 Å². The van der Waals surface area contributed by atoms with Crippen LogP contribution in [0.5, 0.6) is 5.75 Å². The lowest BCUT2D eigenvalue weighted by Crippen LogP contribution is -2.28. The van der Waals surface area contributed by atoms with E-state index in [1.54, 1.807) is 19.2 Å². The zero-order chi connectivity index (χ0) is 16.4. The SMILES string of the molecule is CCCN(CCCCN)CCc1cc(OC)ccc1[N+](=O)[O-]. The minimum Gasteiger partial charge on any atom is -0.497 e. The molecule has 0 atom stereocenters. The molecular formula is C16H27N3O3. The topological polar surface area (TPSA) is 81.6 Å². The number of nitro benzene ring substituents is 1. The highest BCUT2D eigenvalue weighted by molar-refractivity contribution is 5.45. The second kappa shape index (κ2) is 10.1. The zero-order valence-electron chi connectivity index (χ0n) is 13.6. The second-order valence-corrected chi connectivity index (χ2v) is 5.34. The summed E-state index contributed by atoms with van der Waals surface area (Å²) in [5.41, 5.74) is 6.42. The van der Waals surface area contributed by atoms with Gasteiger partial charge >= 0.3 is 0 Å². The van der Waals surface area contributed by atoms with Crippen molar-refractivity contribution < 1.29 is 9.66 Å². The van der Waals surface area contributed by atoms with Gasteiger partial charge in [-0.25, -0.2) is 0 Å². The lowest BCUT2D eigenvalue weighted by atomic mass is 10.1. The summed E-state index contributed by atoms with van der Waals surface area (Å²) >= 11 is 0. The molecule has 1 aromatic carbocycles. The Hall–Kier alpha value is -1.66. The van der Waals surface area contributed by atoms with Gasteiger partial charge in [0.2, 0.25) is 0 Å². The van der Waals surface area contributed by atoms with Gasteiger partial charge in [0, 0.05) is 18.2 Å². The van der Waals surface area contributed by atoms with Gasteiger partial charge < -0.3 is 15.4 Å². The molecule has 0 bridgehead atoms. The number of methoxy groups -OCH3 is 1. The lowest BCUT2D eigenvalue weighted by molar-refractivity contribution is -0.385. The average molecular weight is 309 g/mol. The Balaban J connectivity index is 2.71. The number of rotatable bonds is 11. The molecule has 0 aliphatic rings. The Morgan fingerprint density at radius 2 is 2.05 bits per heavy atom. The van der Waals surface area contributed by atoms with Crippen LogP contribution in [0.1, 0.15) is 31.7 Å². The summed E-state index contributed by atoms with van der Waals surface area (Å²) in [5.74, 6) is 0.658. The number of nitrogens with zero attached hydrogens (tertiary/aromatic N) is 2. The quantitative estimate of drug-likeness (QED) is 0.386.